The van der Waals surface area contributed by atoms with Gasteiger partial charge < -0.3 is 0 Å². The minimum Gasteiger partial charge on any atom is -0.0590 e. The van der Waals surface area contributed by atoms with Crippen molar-refractivity contribution in [2.45, 2.75) is 51.4 Å². The van der Waals surface area contributed by atoms with E-state index < -0.39 is 0 Å². The summed E-state index contributed by atoms with van der Waals surface area (Å²) in [7, 11) is 0. The molecule has 0 aromatic heterocycles. The highest BCUT2D eigenvalue weighted by atomic mass is 14.5. The molecule has 0 unspecified atom stereocenters. The molecular weight excluding hydrogens is 384 g/mol. The molecule has 32 heavy (non-hydrogen) atoms. The Morgan fingerprint density at radius 1 is 0.281 bits per heavy atom. The average molecular weight is 417 g/mol. The van der Waals surface area contributed by atoms with Gasteiger partial charge in [-0.25, -0.2) is 0 Å². The van der Waals surface area contributed by atoms with Gasteiger partial charge in [0.05, 0.1) is 0 Å². The lowest BCUT2D eigenvalue weighted by Gasteiger charge is -2.54. The normalized spacial score (nSPS) is 22.4. The Morgan fingerprint density at radius 3 is 0.594 bits per heavy atom. The summed E-state index contributed by atoms with van der Waals surface area (Å²) in [5, 5.41) is 0. The molecule has 1 fully saturated rings. The number of hydrogen-bond acceptors (Lipinski definition) is 0. The van der Waals surface area contributed by atoms with Crippen LogP contribution < -0.4 is 0 Å². The molecule has 1 aliphatic rings. The van der Waals surface area contributed by atoms with E-state index >= 15 is 0 Å². The van der Waals surface area contributed by atoms with Crippen molar-refractivity contribution >= 4 is 0 Å². The minimum atomic E-state index is 0.465. The molecule has 5 rings (SSSR count). The molecule has 0 heterocycles. The Balaban J connectivity index is 1.67. The SMILES string of the molecule is Cc1ccc(C2C(c3ccc(C)cc3)C(c3ccc(C)cc3)C2c2ccc(C)cc2)cc1. The lowest BCUT2D eigenvalue weighted by Crippen LogP contribution is -2.40. The molecule has 4 aromatic rings. The van der Waals surface area contributed by atoms with Gasteiger partial charge in [0, 0.05) is 0 Å². The zero-order chi connectivity index (χ0) is 22.2. The molecule has 0 heteroatoms. The Kier molecular flexibility index (Phi) is 5.47. The van der Waals surface area contributed by atoms with Gasteiger partial charge in [0.15, 0.2) is 0 Å². The summed E-state index contributed by atoms with van der Waals surface area (Å²) in [6, 6.07) is 37.0. The molecule has 0 atom stereocenters. The van der Waals surface area contributed by atoms with Gasteiger partial charge in [-0.1, -0.05) is 119 Å². The maximum atomic E-state index is 2.35. The van der Waals surface area contributed by atoms with Gasteiger partial charge in [-0.15, -0.1) is 0 Å². The topological polar surface area (TPSA) is 0 Å². The van der Waals surface area contributed by atoms with Crippen molar-refractivity contribution in [3.05, 3.63) is 142 Å². The number of rotatable bonds is 4. The molecule has 1 aliphatic carbocycles. The highest BCUT2D eigenvalue weighted by Gasteiger charge is 2.52. The molecule has 0 spiro atoms. The van der Waals surface area contributed by atoms with E-state index in [-0.39, 0.29) is 0 Å². The van der Waals surface area contributed by atoms with Crippen LogP contribution in [0.1, 0.15) is 68.2 Å². The highest BCUT2D eigenvalue weighted by molar-refractivity contribution is 5.49. The monoisotopic (exact) mass is 416 g/mol. The molecule has 0 radical (unpaired) electrons. The van der Waals surface area contributed by atoms with Crippen LogP contribution in [0, 0.1) is 27.7 Å². The van der Waals surface area contributed by atoms with Crippen molar-refractivity contribution in [1.29, 1.82) is 0 Å². The van der Waals surface area contributed by atoms with E-state index in [1.54, 1.807) is 0 Å². The first-order valence-corrected chi connectivity index (χ1v) is 11.8. The first-order chi connectivity index (χ1) is 15.5. The lowest BCUT2D eigenvalue weighted by atomic mass is 9.49. The van der Waals surface area contributed by atoms with Crippen LogP contribution in [-0.2, 0) is 0 Å². The van der Waals surface area contributed by atoms with Crippen molar-refractivity contribution in [1.82, 2.24) is 0 Å². The third kappa shape index (κ3) is 3.79. The van der Waals surface area contributed by atoms with E-state index in [2.05, 4.69) is 125 Å². The second-order valence-corrected chi connectivity index (χ2v) is 9.75. The van der Waals surface area contributed by atoms with E-state index in [0.717, 1.165) is 0 Å². The fraction of sp³-hybridized carbons (Fsp3) is 0.250. The van der Waals surface area contributed by atoms with Gasteiger partial charge in [-0.05, 0) is 73.6 Å². The molecule has 0 aliphatic heterocycles. The van der Waals surface area contributed by atoms with Crippen molar-refractivity contribution in [3.8, 4) is 0 Å². The molecule has 0 N–H and O–H groups in total. The zero-order valence-corrected chi connectivity index (χ0v) is 19.5. The summed E-state index contributed by atoms with van der Waals surface area (Å²) in [6.45, 7) is 8.70. The smallest absolute Gasteiger partial charge is 0.00120 e. The quantitative estimate of drug-likeness (QED) is 0.313. The van der Waals surface area contributed by atoms with Gasteiger partial charge in [0.2, 0.25) is 0 Å². The summed E-state index contributed by atoms with van der Waals surface area (Å²) < 4.78 is 0. The van der Waals surface area contributed by atoms with Gasteiger partial charge >= 0.3 is 0 Å². The Labute approximate surface area is 193 Å². The second kappa shape index (κ2) is 8.43. The molecule has 0 nitrogen and oxygen atoms in total. The molecule has 160 valence electrons. The van der Waals surface area contributed by atoms with Crippen LogP contribution >= 0.6 is 0 Å². The highest BCUT2D eigenvalue weighted by Crippen LogP contribution is 2.66. The van der Waals surface area contributed by atoms with Gasteiger partial charge in [0.1, 0.15) is 0 Å². The zero-order valence-electron chi connectivity index (χ0n) is 19.5. The third-order valence-electron chi connectivity index (χ3n) is 7.40. The van der Waals surface area contributed by atoms with E-state index in [0.29, 0.717) is 23.7 Å². The summed E-state index contributed by atoms with van der Waals surface area (Å²) in [5.74, 6) is 1.86. The third-order valence-corrected chi connectivity index (χ3v) is 7.40. The van der Waals surface area contributed by atoms with Crippen LogP contribution in [0.15, 0.2) is 97.1 Å². The molecular formula is C32H32. The van der Waals surface area contributed by atoms with E-state index in [1.807, 2.05) is 0 Å². The summed E-state index contributed by atoms with van der Waals surface area (Å²) in [6.07, 6.45) is 0. The number of benzene rings is 4. The fourth-order valence-corrected chi connectivity index (χ4v) is 5.56. The van der Waals surface area contributed by atoms with Gasteiger partial charge in [-0.2, -0.15) is 0 Å². The van der Waals surface area contributed by atoms with E-state index in [1.165, 1.54) is 44.5 Å². The fourth-order valence-electron chi connectivity index (χ4n) is 5.56. The summed E-state index contributed by atoms with van der Waals surface area (Å²) >= 11 is 0. The minimum absolute atomic E-state index is 0.465. The predicted molar refractivity (Wildman–Crippen MR) is 136 cm³/mol. The first kappa shape index (κ1) is 20.8. The van der Waals surface area contributed by atoms with Crippen molar-refractivity contribution in [2.24, 2.45) is 0 Å². The number of aryl methyl sites for hydroxylation is 4. The standard InChI is InChI=1S/C32H32/c1-21-5-13-25(14-6-21)29-30(26-15-7-22(2)8-16-26)32(28-19-11-24(4)12-20-28)31(29)27-17-9-23(3)10-18-27/h5-20,29-32H,1-4H3. The molecule has 1 saturated carbocycles. The van der Waals surface area contributed by atoms with Crippen molar-refractivity contribution in [2.75, 3.05) is 0 Å². The van der Waals surface area contributed by atoms with E-state index in [4.69, 9.17) is 0 Å². The van der Waals surface area contributed by atoms with Gasteiger partial charge in [0.25, 0.3) is 0 Å². The average Bonchev–Trinajstić information content (AvgIpc) is 2.78. The van der Waals surface area contributed by atoms with Crippen LogP contribution in [0.5, 0.6) is 0 Å². The first-order valence-electron chi connectivity index (χ1n) is 11.8. The molecule has 0 amide bonds. The Morgan fingerprint density at radius 2 is 0.438 bits per heavy atom. The molecule has 0 saturated heterocycles. The maximum Gasteiger partial charge on any atom is -0.00120 e. The Bertz CT molecular complexity index is 973. The largest absolute Gasteiger partial charge is 0.0590 e. The van der Waals surface area contributed by atoms with Crippen LogP contribution in [0.3, 0.4) is 0 Å². The maximum absolute atomic E-state index is 2.35. The number of hydrogen-bond donors (Lipinski definition) is 0. The van der Waals surface area contributed by atoms with E-state index in [9.17, 15) is 0 Å². The Hall–Kier alpha value is -3.12. The van der Waals surface area contributed by atoms with Crippen LogP contribution in [0.4, 0.5) is 0 Å². The van der Waals surface area contributed by atoms with Crippen molar-refractivity contribution < 1.29 is 0 Å². The van der Waals surface area contributed by atoms with Crippen LogP contribution in [0.25, 0.3) is 0 Å². The molecule has 0 bridgehead atoms. The van der Waals surface area contributed by atoms with Crippen molar-refractivity contribution in [3.63, 3.8) is 0 Å². The molecule has 4 aromatic carbocycles. The van der Waals surface area contributed by atoms with Crippen LogP contribution in [0.2, 0.25) is 0 Å². The summed E-state index contributed by atoms with van der Waals surface area (Å²) in [5.41, 5.74) is 11.1. The second-order valence-electron chi connectivity index (χ2n) is 9.75. The van der Waals surface area contributed by atoms with Crippen LogP contribution in [-0.4, -0.2) is 0 Å². The predicted octanol–water partition coefficient (Wildman–Crippen LogP) is 8.37. The lowest BCUT2D eigenvalue weighted by molar-refractivity contribution is 0.229. The van der Waals surface area contributed by atoms with Gasteiger partial charge in [-0.3, -0.25) is 0 Å². The summed E-state index contributed by atoms with van der Waals surface area (Å²) in [4.78, 5) is 0.